The van der Waals surface area contributed by atoms with E-state index in [4.69, 9.17) is 4.74 Å². The normalized spacial score (nSPS) is 13.4. The fraction of sp³-hybridized carbons (Fsp3) is 0.885. The summed E-state index contributed by atoms with van der Waals surface area (Å²) in [5, 5.41) is 23.7. The van der Waals surface area contributed by atoms with Crippen LogP contribution >= 0.6 is 0 Å². The van der Waals surface area contributed by atoms with Crippen molar-refractivity contribution in [1.29, 1.82) is 0 Å². The van der Waals surface area contributed by atoms with E-state index in [1.807, 2.05) is 0 Å². The molecular formula is C52H99NO5. The van der Waals surface area contributed by atoms with Gasteiger partial charge in [0.1, 0.15) is 6.10 Å². The Bertz CT molecular complexity index is 919. The Morgan fingerprint density at radius 3 is 1.28 bits per heavy atom. The van der Waals surface area contributed by atoms with Gasteiger partial charge in [-0.25, -0.2) is 0 Å². The maximum Gasteiger partial charge on any atom is 0.306 e. The number of aliphatic hydroxyl groups is 2. The molecule has 0 saturated heterocycles. The molecule has 6 nitrogen and oxygen atoms in total. The maximum atomic E-state index is 13.2. The number of ether oxygens (including phenoxy) is 1. The summed E-state index contributed by atoms with van der Waals surface area (Å²) < 4.78 is 5.91. The first kappa shape index (κ1) is 56.3. The van der Waals surface area contributed by atoms with Crippen molar-refractivity contribution in [3.05, 3.63) is 24.3 Å². The van der Waals surface area contributed by atoms with Crippen LogP contribution in [0.4, 0.5) is 0 Å². The van der Waals surface area contributed by atoms with Crippen molar-refractivity contribution in [2.75, 3.05) is 6.61 Å². The molecular weight excluding hydrogens is 719 g/mol. The summed E-state index contributed by atoms with van der Waals surface area (Å²) in [6, 6.07) is -0.702. The Balaban J connectivity index is 4.49. The minimum atomic E-state index is -0.787. The predicted molar refractivity (Wildman–Crippen MR) is 250 cm³/mol. The third-order valence-electron chi connectivity index (χ3n) is 11.8. The molecule has 3 N–H and O–H groups in total. The third-order valence-corrected chi connectivity index (χ3v) is 11.8. The van der Waals surface area contributed by atoms with Gasteiger partial charge in [-0.05, 0) is 77.0 Å². The molecule has 342 valence electrons. The fourth-order valence-corrected chi connectivity index (χ4v) is 7.83. The van der Waals surface area contributed by atoms with E-state index in [0.29, 0.717) is 19.3 Å². The van der Waals surface area contributed by atoms with Gasteiger partial charge in [-0.2, -0.15) is 0 Å². The topological polar surface area (TPSA) is 95.9 Å². The molecule has 0 radical (unpaired) electrons. The van der Waals surface area contributed by atoms with Crippen LogP contribution in [0.2, 0.25) is 0 Å². The number of nitrogens with one attached hydrogen (secondary N) is 1. The molecule has 0 fully saturated rings. The van der Waals surface area contributed by atoms with Crippen molar-refractivity contribution in [2.24, 2.45) is 0 Å². The van der Waals surface area contributed by atoms with Gasteiger partial charge in [0.05, 0.1) is 25.2 Å². The summed E-state index contributed by atoms with van der Waals surface area (Å²) in [7, 11) is 0. The van der Waals surface area contributed by atoms with Gasteiger partial charge in [-0.15, -0.1) is 0 Å². The van der Waals surface area contributed by atoms with Gasteiger partial charge in [0, 0.05) is 6.42 Å². The first-order valence-corrected chi connectivity index (χ1v) is 25.6. The first-order valence-electron chi connectivity index (χ1n) is 25.6. The van der Waals surface area contributed by atoms with Crippen molar-refractivity contribution in [3.8, 4) is 0 Å². The number of rotatable bonds is 46. The smallest absolute Gasteiger partial charge is 0.306 e. The first-order chi connectivity index (χ1) is 28.5. The molecule has 0 aliphatic heterocycles. The van der Waals surface area contributed by atoms with Gasteiger partial charge >= 0.3 is 5.97 Å². The fourth-order valence-electron chi connectivity index (χ4n) is 7.83. The summed E-state index contributed by atoms with van der Waals surface area (Å²) in [5.74, 6) is -0.486. The van der Waals surface area contributed by atoms with Crippen LogP contribution in [0.15, 0.2) is 24.3 Å². The zero-order valence-electron chi connectivity index (χ0n) is 38.9. The standard InChI is InChI=1S/C52H99NO5/c1-4-7-10-13-16-19-22-24-25-26-27-28-30-33-36-39-42-45-52(57)58-48(43-40-37-34-31-21-18-15-12-9-6-3)46-51(56)53-49(47-54)50(55)44-41-38-35-32-29-23-20-17-14-11-8-5-2/h18,21,24-25,48-50,54-55H,4-17,19-20,22-23,26-47H2,1-3H3,(H,53,56)/b21-18-,25-24+. The number of carbonyl (C=O) groups is 2. The maximum absolute atomic E-state index is 13.2. The van der Waals surface area contributed by atoms with Crippen molar-refractivity contribution >= 4 is 11.9 Å². The molecule has 0 rings (SSSR count). The van der Waals surface area contributed by atoms with Crippen LogP contribution in [0.25, 0.3) is 0 Å². The van der Waals surface area contributed by atoms with Gasteiger partial charge in [-0.1, -0.05) is 206 Å². The average molecular weight is 818 g/mol. The second-order valence-corrected chi connectivity index (χ2v) is 17.6. The number of aliphatic hydroxyl groups excluding tert-OH is 2. The van der Waals surface area contributed by atoms with Crippen LogP contribution in [-0.4, -0.2) is 46.9 Å². The summed E-state index contributed by atoms with van der Waals surface area (Å²) in [6.07, 6.45) is 52.4. The lowest BCUT2D eigenvalue weighted by Crippen LogP contribution is -2.46. The highest BCUT2D eigenvalue weighted by Crippen LogP contribution is 2.18. The highest BCUT2D eigenvalue weighted by molar-refractivity contribution is 5.77. The minimum absolute atomic E-state index is 0.0686. The molecule has 3 atom stereocenters. The van der Waals surface area contributed by atoms with E-state index in [0.717, 1.165) is 64.2 Å². The van der Waals surface area contributed by atoms with E-state index >= 15 is 0 Å². The Hall–Kier alpha value is -1.66. The molecule has 3 unspecified atom stereocenters. The Morgan fingerprint density at radius 2 is 0.828 bits per heavy atom. The third kappa shape index (κ3) is 41.1. The summed E-state index contributed by atoms with van der Waals surface area (Å²) in [6.45, 7) is 6.45. The highest BCUT2D eigenvalue weighted by atomic mass is 16.5. The van der Waals surface area contributed by atoms with E-state index < -0.39 is 18.2 Å². The van der Waals surface area contributed by atoms with Crippen molar-refractivity contribution in [1.82, 2.24) is 5.32 Å². The molecule has 0 spiro atoms. The number of allylic oxidation sites excluding steroid dienone is 4. The van der Waals surface area contributed by atoms with Crippen LogP contribution in [0, 0.1) is 0 Å². The van der Waals surface area contributed by atoms with Crippen LogP contribution in [0.1, 0.15) is 271 Å². The molecule has 0 aromatic rings. The molecule has 0 aromatic heterocycles. The number of hydrogen-bond acceptors (Lipinski definition) is 5. The number of esters is 1. The van der Waals surface area contributed by atoms with E-state index in [9.17, 15) is 19.8 Å². The SMILES string of the molecule is CCCCC/C=C\CCCCCC(CC(=O)NC(CO)C(O)CCCCCCCCCCCCCC)OC(=O)CCCCCCCCC/C=C/CCCCCCCC. The molecule has 0 bridgehead atoms. The predicted octanol–water partition coefficient (Wildman–Crippen LogP) is 15.1. The minimum Gasteiger partial charge on any atom is -0.462 e. The second-order valence-electron chi connectivity index (χ2n) is 17.6. The second kappa shape index (κ2) is 46.4. The van der Waals surface area contributed by atoms with Crippen molar-refractivity contribution in [2.45, 2.75) is 289 Å². The number of hydrogen-bond donors (Lipinski definition) is 3. The lowest BCUT2D eigenvalue weighted by molar-refractivity contribution is -0.151. The monoisotopic (exact) mass is 818 g/mol. The van der Waals surface area contributed by atoms with Gasteiger partial charge in [0.25, 0.3) is 0 Å². The molecule has 0 saturated carbocycles. The zero-order chi connectivity index (χ0) is 42.4. The van der Waals surface area contributed by atoms with E-state index in [-0.39, 0.29) is 24.9 Å². The number of carbonyl (C=O) groups excluding carboxylic acids is 2. The van der Waals surface area contributed by atoms with Gasteiger partial charge in [0.15, 0.2) is 0 Å². The summed E-state index contributed by atoms with van der Waals surface area (Å²) in [5.41, 5.74) is 0. The van der Waals surface area contributed by atoms with Crippen molar-refractivity contribution < 1.29 is 24.5 Å². The van der Waals surface area contributed by atoms with Gasteiger partial charge in [0.2, 0.25) is 5.91 Å². The molecule has 1 amide bonds. The summed E-state index contributed by atoms with van der Waals surface area (Å²) >= 11 is 0. The Morgan fingerprint density at radius 1 is 0.483 bits per heavy atom. The Labute approximate surface area is 361 Å². The Kier molecular flexibility index (Phi) is 45.1. The van der Waals surface area contributed by atoms with Crippen LogP contribution in [0.5, 0.6) is 0 Å². The van der Waals surface area contributed by atoms with E-state index in [2.05, 4.69) is 50.4 Å². The average Bonchev–Trinajstić information content (AvgIpc) is 3.22. The molecule has 0 aliphatic carbocycles. The van der Waals surface area contributed by atoms with E-state index in [1.54, 1.807) is 0 Å². The highest BCUT2D eigenvalue weighted by Gasteiger charge is 2.24. The lowest BCUT2D eigenvalue weighted by atomic mass is 10.0. The van der Waals surface area contributed by atoms with Crippen LogP contribution < -0.4 is 5.32 Å². The molecule has 58 heavy (non-hydrogen) atoms. The molecule has 0 heterocycles. The lowest BCUT2D eigenvalue weighted by Gasteiger charge is -2.24. The van der Waals surface area contributed by atoms with Crippen molar-refractivity contribution in [3.63, 3.8) is 0 Å². The number of amides is 1. The van der Waals surface area contributed by atoms with Gasteiger partial charge in [-0.3, -0.25) is 9.59 Å². The summed E-state index contributed by atoms with van der Waals surface area (Å²) in [4.78, 5) is 26.1. The molecule has 0 aliphatic rings. The molecule has 6 heteroatoms. The van der Waals surface area contributed by atoms with E-state index in [1.165, 1.54) is 161 Å². The van der Waals surface area contributed by atoms with Crippen LogP contribution in [-0.2, 0) is 14.3 Å². The largest absolute Gasteiger partial charge is 0.462 e. The quantitative estimate of drug-likeness (QED) is 0.0323. The molecule has 0 aromatic carbocycles. The zero-order valence-corrected chi connectivity index (χ0v) is 38.9. The van der Waals surface area contributed by atoms with Gasteiger partial charge < -0.3 is 20.3 Å². The van der Waals surface area contributed by atoms with Crippen LogP contribution in [0.3, 0.4) is 0 Å². The number of unbranched alkanes of at least 4 members (excludes halogenated alkanes) is 30.